The number of anilines is 1. The van der Waals surface area contributed by atoms with Gasteiger partial charge in [0, 0.05) is 30.5 Å². The minimum Gasteiger partial charge on any atom is -0.280 e. The van der Waals surface area contributed by atoms with E-state index in [9.17, 15) is 4.79 Å². The van der Waals surface area contributed by atoms with Crippen molar-refractivity contribution in [2.45, 2.75) is 6.42 Å². The highest BCUT2D eigenvalue weighted by atomic mass is 16.2. The third-order valence-electron chi connectivity index (χ3n) is 3.21. The summed E-state index contributed by atoms with van der Waals surface area (Å²) in [6.45, 7) is 4.36. The molecule has 3 rings (SSSR count). The van der Waals surface area contributed by atoms with Crippen LogP contribution in [0, 0.1) is 5.92 Å². The molecule has 0 saturated carbocycles. The van der Waals surface area contributed by atoms with Gasteiger partial charge in [0.15, 0.2) is 0 Å². The molecule has 0 N–H and O–H groups in total. The summed E-state index contributed by atoms with van der Waals surface area (Å²) in [5.41, 5.74) is 0.859. The summed E-state index contributed by atoms with van der Waals surface area (Å²) in [6, 6.07) is 7.75. The topological polar surface area (TPSA) is 46.1 Å². The first-order valence-electron chi connectivity index (χ1n) is 5.92. The zero-order valence-electron chi connectivity index (χ0n) is 9.91. The first kappa shape index (κ1) is 10.9. The molecule has 1 fully saturated rings. The summed E-state index contributed by atoms with van der Waals surface area (Å²) < 4.78 is 0. The Kier molecular flexibility index (Phi) is 2.55. The highest BCUT2D eigenvalue weighted by Crippen LogP contribution is 2.23. The Morgan fingerprint density at radius 1 is 1.39 bits per heavy atom. The monoisotopic (exact) mass is 239 g/mol. The van der Waals surface area contributed by atoms with Gasteiger partial charge in [-0.25, -0.2) is 9.97 Å². The molecule has 90 valence electrons. The molecule has 1 amide bonds. The molecule has 4 nitrogen and oxygen atoms in total. The second kappa shape index (κ2) is 4.22. The van der Waals surface area contributed by atoms with Gasteiger partial charge in [0.2, 0.25) is 11.9 Å². The van der Waals surface area contributed by atoms with Gasteiger partial charge in [-0.2, -0.15) is 0 Å². The Morgan fingerprint density at radius 3 is 3.00 bits per heavy atom. The zero-order valence-corrected chi connectivity index (χ0v) is 9.91. The smallest absolute Gasteiger partial charge is 0.232 e. The Balaban J connectivity index is 1.99. The van der Waals surface area contributed by atoms with E-state index in [1.165, 1.54) is 0 Å². The minimum atomic E-state index is 0.0650. The summed E-state index contributed by atoms with van der Waals surface area (Å²) in [7, 11) is 0. The maximum absolute atomic E-state index is 11.9. The van der Waals surface area contributed by atoms with Gasteiger partial charge in [0.1, 0.15) is 0 Å². The Hall–Kier alpha value is -2.23. The number of hydrogen-bond donors (Lipinski definition) is 0. The van der Waals surface area contributed by atoms with Crippen molar-refractivity contribution < 1.29 is 4.79 Å². The molecular weight excluding hydrogens is 226 g/mol. The van der Waals surface area contributed by atoms with Gasteiger partial charge in [-0.3, -0.25) is 9.69 Å². The van der Waals surface area contributed by atoms with Crippen LogP contribution in [0.4, 0.5) is 5.95 Å². The van der Waals surface area contributed by atoms with Gasteiger partial charge in [-0.1, -0.05) is 24.3 Å². The lowest BCUT2D eigenvalue weighted by Gasteiger charge is -2.13. The SMILES string of the molecule is C=CC1CC(=O)N(c2ncc3ccccc3n2)C1. The van der Waals surface area contributed by atoms with Crippen LogP contribution in [0.3, 0.4) is 0 Å². The normalized spacial score (nSPS) is 19.4. The standard InChI is InChI=1S/C14H13N3O/c1-2-10-7-13(18)17(9-10)14-15-8-11-5-3-4-6-12(11)16-14/h2-6,8,10H,1,7,9H2. The van der Waals surface area contributed by atoms with Crippen LogP contribution in [0.15, 0.2) is 43.1 Å². The van der Waals surface area contributed by atoms with Crippen LogP contribution in [0.5, 0.6) is 0 Å². The van der Waals surface area contributed by atoms with E-state index in [0.717, 1.165) is 10.9 Å². The highest BCUT2D eigenvalue weighted by Gasteiger charge is 2.30. The number of carbonyl (C=O) groups is 1. The number of nitrogens with zero attached hydrogens (tertiary/aromatic N) is 3. The molecule has 1 saturated heterocycles. The quantitative estimate of drug-likeness (QED) is 0.754. The molecule has 2 aromatic rings. The molecule has 1 aliphatic heterocycles. The van der Waals surface area contributed by atoms with Gasteiger partial charge in [-0.15, -0.1) is 6.58 Å². The number of benzene rings is 1. The van der Waals surface area contributed by atoms with Crippen molar-refractivity contribution in [3.05, 3.63) is 43.1 Å². The van der Waals surface area contributed by atoms with Gasteiger partial charge in [0.05, 0.1) is 5.52 Å². The van der Waals surface area contributed by atoms with Crippen LogP contribution in [0.1, 0.15) is 6.42 Å². The molecule has 0 aliphatic carbocycles. The summed E-state index contributed by atoms with van der Waals surface area (Å²) in [6.07, 6.45) is 4.07. The van der Waals surface area contributed by atoms with E-state index < -0.39 is 0 Å². The molecular formula is C14H13N3O. The highest BCUT2D eigenvalue weighted by molar-refractivity contribution is 5.95. The number of aromatic nitrogens is 2. The van der Waals surface area contributed by atoms with Gasteiger partial charge >= 0.3 is 0 Å². The molecule has 1 aliphatic rings. The van der Waals surface area contributed by atoms with Crippen LogP contribution in [0.25, 0.3) is 10.9 Å². The van der Waals surface area contributed by atoms with E-state index in [0.29, 0.717) is 18.9 Å². The molecule has 1 unspecified atom stereocenters. The summed E-state index contributed by atoms with van der Waals surface area (Å²) in [4.78, 5) is 22.2. The van der Waals surface area contributed by atoms with Crippen molar-refractivity contribution in [3.63, 3.8) is 0 Å². The second-order valence-corrected chi connectivity index (χ2v) is 4.43. The number of amides is 1. The molecule has 1 aromatic heterocycles. The van der Waals surface area contributed by atoms with E-state index in [2.05, 4.69) is 16.5 Å². The average Bonchev–Trinajstić information content (AvgIpc) is 2.79. The van der Waals surface area contributed by atoms with Crippen molar-refractivity contribution in [2.75, 3.05) is 11.4 Å². The summed E-state index contributed by atoms with van der Waals surface area (Å²) in [5, 5.41) is 0.980. The fourth-order valence-corrected chi connectivity index (χ4v) is 2.18. The van der Waals surface area contributed by atoms with Crippen molar-refractivity contribution in [2.24, 2.45) is 5.92 Å². The first-order chi connectivity index (χ1) is 8.78. The Morgan fingerprint density at radius 2 is 2.22 bits per heavy atom. The number of fused-ring (bicyclic) bond motifs is 1. The average molecular weight is 239 g/mol. The third-order valence-corrected chi connectivity index (χ3v) is 3.21. The van der Waals surface area contributed by atoms with Crippen LogP contribution in [0.2, 0.25) is 0 Å². The second-order valence-electron chi connectivity index (χ2n) is 4.43. The van der Waals surface area contributed by atoms with Crippen LogP contribution >= 0.6 is 0 Å². The summed E-state index contributed by atoms with van der Waals surface area (Å²) in [5.74, 6) is 0.755. The molecule has 0 spiro atoms. The number of rotatable bonds is 2. The maximum atomic E-state index is 11.9. The third kappa shape index (κ3) is 1.76. The van der Waals surface area contributed by atoms with E-state index >= 15 is 0 Å². The lowest BCUT2D eigenvalue weighted by atomic mass is 10.1. The van der Waals surface area contributed by atoms with Gasteiger partial charge < -0.3 is 0 Å². The van der Waals surface area contributed by atoms with E-state index in [1.54, 1.807) is 11.1 Å². The van der Waals surface area contributed by atoms with Crippen molar-refractivity contribution in [3.8, 4) is 0 Å². The minimum absolute atomic E-state index is 0.0650. The summed E-state index contributed by atoms with van der Waals surface area (Å²) >= 11 is 0. The predicted octanol–water partition coefficient (Wildman–Crippen LogP) is 2.17. The van der Waals surface area contributed by atoms with Crippen LogP contribution < -0.4 is 4.90 Å². The molecule has 18 heavy (non-hydrogen) atoms. The van der Waals surface area contributed by atoms with E-state index in [1.807, 2.05) is 30.3 Å². The van der Waals surface area contributed by atoms with Gasteiger partial charge in [-0.05, 0) is 6.07 Å². The van der Waals surface area contributed by atoms with E-state index in [-0.39, 0.29) is 11.8 Å². The molecule has 0 bridgehead atoms. The Labute approximate surface area is 105 Å². The lowest BCUT2D eigenvalue weighted by Crippen LogP contribution is -2.26. The Bertz CT molecular complexity index is 623. The zero-order chi connectivity index (χ0) is 12.5. The number of hydrogen-bond acceptors (Lipinski definition) is 3. The van der Waals surface area contributed by atoms with E-state index in [4.69, 9.17) is 0 Å². The van der Waals surface area contributed by atoms with Gasteiger partial charge in [0.25, 0.3) is 0 Å². The van der Waals surface area contributed by atoms with Crippen molar-refractivity contribution in [1.29, 1.82) is 0 Å². The van der Waals surface area contributed by atoms with Crippen molar-refractivity contribution in [1.82, 2.24) is 9.97 Å². The fourth-order valence-electron chi connectivity index (χ4n) is 2.18. The van der Waals surface area contributed by atoms with Crippen LogP contribution in [-0.2, 0) is 4.79 Å². The lowest BCUT2D eigenvalue weighted by molar-refractivity contribution is -0.117. The molecule has 1 aromatic carbocycles. The fraction of sp³-hybridized carbons (Fsp3) is 0.214. The molecule has 1 atom stereocenters. The predicted molar refractivity (Wildman–Crippen MR) is 70.2 cm³/mol. The molecule has 4 heteroatoms. The maximum Gasteiger partial charge on any atom is 0.232 e. The molecule has 0 radical (unpaired) electrons. The molecule has 2 heterocycles. The number of para-hydroxylation sites is 1. The number of carbonyl (C=O) groups excluding carboxylic acids is 1. The first-order valence-corrected chi connectivity index (χ1v) is 5.92. The van der Waals surface area contributed by atoms with Crippen LogP contribution in [-0.4, -0.2) is 22.4 Å². The largest absolute Gasteiger partial charge is 0.280 e. The van der Waals surface area contributed by atoms with Crippen molar-refractivity contribution >= 4 is 22.8 Å².